The van der Waals surface area contributed by atoms with E-state index < -0.39 is 35.5 Å². The van der Waals surface area contributed by atoms with Crippen molar-refractivity contribution >= 4 is 46.9 Å². The number of hydrogen-bond donors (Lipinski definition) is 1. The van der Waals surface area contributed by atoms with Gasteiger partial charge in [0.15, 0.2) is 0 Å². The Kier molecular flexibility index (Phi) is 6.77. The summed E-state index contributed by atoms with van der Waals surface area (Å²) in [7, 11) is 0. The first-order chi connectivity index (χ1) is 14.5. The van der Waals surface area contributed by atoms with Crippen LogP contribution in [0, 0.1) is 5.92 Å². The maximum atomic E-state index is 13.1. The lowest BCUT2D eigenvalue weighted by Crippen LogP contribution is -2.48. The molecule has 3 rings (SSSR count). The fourth-order valence-electron chi connectivity index (χ4n) is 3.13. The van der Waals surface area contributed by atoms with Crippen LogP contribution in [0.5, 0.6) is 5.75 Å². The Bertz CT molecular complexity index is 991. The van der Waals surface area contributed by atoms with E-state index in [1.54, 1.807) is 45.0 Å². The van der Waals surface area contributed by atoms with Gasteiger partial charge >= 0.3 is 12.1 Å². The number of hydrogen-bond acceptors (Lipinski definition) is 5. The second-order valence-corrected chi connectivity index (χ2v) is 8.83. The fourth-order valence-corrected chi connectivity index (χ4v) is 3.41. The molecule has 1 saturated heterocycles. The zero-order valence-corrected chi connectivity index (χ0v) is 18.7. The minimum atomic E-state index is -1.15. The second-order valence-electron chi connectivity index (χ2n) is 8.01. The normalized spacial score (nSPS) is 18.6. The Labute approximate surface area is 190 Å². The van der Waals surface area contributed by atoms with E-state index in [0.717, 1.165) is 0 Å². The molecule has 7 nitrogen and oxygen atoms in total. The first-order valence-corrected chi connectivity index (χ1v) is 10.3. The average molecular weight is 465 g/mol. The van der Waals surface area contributed by atoms with Gasteiger partial charge in [-0.1, -0.05) is 41.4 Å². The van der Waals surface area contributed by atoms with Crippen LogP contribution in [0.25, 0.3) is 0 Å². The third kappa shape index (κ3) is 5.68. The minimum absolute atomic E-state index is 0.0650. The highest BCUT2D eigenvalue weighted by Gasteiger charge is 2.47. The van der Waals surface area contributed by atoms with Crippen molar-refractivity contribution < 1.29 is 23.9 Å². The molecule has 2 unspecified atom stereocenters. The van der Waals surface area contributed by atoms with E-state index in [-0.39, 0.29) is 17.3 Å². The molecule has 9 heteroatoms. The van der Waals surface area contributed by atoms with Crippen LogP contribution < -0.4 is 15.0 Å². The highest BCUT2D eigenvalue weighted by Crippen LogP contribution is 2.29. The number of ether oxygens (including phenoxy) is 2. The Morgan fingerprint density at radius 1 is 1.06 bits per heavy atom. The smallest absolute Gasteiger partial charge is 0.413 e. The van der Waals surface area contributed by atoms with Gasteiger partial charge in [-0.25, -0.2) is 4.79 Å². The maximum Gasteiger partial charge on any atom is 0.413 e. The van der Waals surface area contributed by atoms with Gasteiger partial charge in [-0.3, -0.25) is 9.59 Å². The van der Waals surface area contributed by atoms with Crippen molar-refractivity contribution in [3.05, 3.63) is 58.6 Å². The van der Waals surface area contributed by atoms with Crippen molar-refractivity contribution in [1.29, 1.82) is 0 Å². The molecule has 0 spiro atoms. The van der Waals surface area contributed by atoms with Crippen molar-refractivity contribution in [3.8, 4) is 5.75 Å². The molecule has 0 radical (unpaired) electrons. The molecule has 31 heavy (non-hydrogen) atoms. The molecule has 0 aliphatic carbocycles. The van der Waals surface area contributed by atoms with Gasteiger partial charge < -0.3 is 19.7 Å². The van der Waals surface area contributed by atoms with Crippen LogP contribution in [0.2, 0.25) is 10.0 Å². The number of amides is 2. The van der Waals surface area contributed by atoms with Crippen LogP contribution in [0.1, 0.15) is 20.8 Å². The summed E-state index contributed by atoms with van der Waals surface area (Å²) in [5.41, 5.74) is -0.131. The zero-order chi connectivity index (χ0) is 22.8. The molecular formula is C22H22Cl2N2O5. The number of halogens is 2. The van der Waals surface area contributed by atoms with E-state index in [2.05, 4.69) is 5.32 Å². The Hall–Kier alpha value is -2.77. The molecule has 2 atom stereocenters. The Balaban J connectivity index is 1.80. The molecule has 1 fully saturated rings. The summed E-state index contributed by atoms with van der Waals surface area (Å²) >= 11 is 11.8. The Morgan fingerprint density at radius 3 is 2.35 bits per heavy atom. The largest absolute Gasteiger partial charge is 0.460 e. The van der Waals surface area contributed by atoms with Crippen molar-refractivity contribution in [2.75, 3.05) is 11.4 Å². The lowest BCUT2D eigenvalue weighted by Gasteiger charge is -2.24. The molecule has 1 N–H and O–H groups in total. The molecule has 0 aromatic heterocycles. The molecule has 2 amide bonds. The van der Waals surface area contributed by atoms with Crippen LogP contribution in [-0.4, -0.2) is 36.2 Å². The summed E-state index contributed by atoms with van der Waals surface area (Å²) in [6.45, 7) is 5.27. The first kappa shape index (κ1) is 22.9. The molecule has 0 bridgehead atoms. The maximum absolute atomic E-state index is 13.1. The number of anilines is 1. The van der Waals surface area contributed by atoms with Crippen LogP contribution in [-0.2, 0) is 14.3 Å². The summed E-state index contributed by atoms with van der Waals surface area (Å²) in [5, 5.41) is 3.02. The lowest BCUT2D eigenvalue weighted by molar-refractivity contribution is -0.160. The standard InChI is InChI=1S/C22H22Cl2N2O5/c1-22(2,3)31-20(28)15-12-26(13-7-5-4-6-8-13)19(27)18(15)25-21(29)30-14-9-10-16(23)17(24)11-14/h4-11,15,18H,12H2,1-3H3,(H,25,29). The van der Waals surface area contributed by atoms with E-state index in [4.69, 9.17) is 32.7 Å². The summed E-state index contributed by atoms with van der Waals surface area (Å²) in [6, 6.07) is 12.1. The monoisotopic (exact) mass is 464 g/mol. The fraction of sp³-hybridized carbons (Fsp3) is 0.318. The molecule has 2 aromatic rings. The highest BCUT2D eigenvalue weighted by atomic mass is 35.5. The molecular weight excluding hydrogens is 443 g/mol. The topological polar surface area (TPSA) is 84.9 Å². The van der Waals surface area contributed by atoms with Crippen molar-refractivity contribution in [3.63, 3.8) is 0 Å². The zero-order valence-electron chi connectivity index (χ0n) is 17.2. The minimum Gasteiger partial charge on any atom is -0.460 e. The molecule has 1 aliphatic heterocycles. The average Bonchev–Trinajstić information content (AvgIpc) is 3.01. The van der Waals surface area contributed by atoms with E-state index in [1.165, 1.54) is 23.1 Å². The number of esters is 1. The summed E-state index contributed by atoms with van der Waals surface area (Å²) in [6.07, 6.45) is -0.903. The molecule has 0 saturated carbocycles. The molecule has 1 heterocycles. The van der Waals surface area contributed by atoms with Crippen LogP contribution in [0.3, 0.4) is 0 Å². The predicted octanol–water partition coefficient (Wildman–Crippen LogP) is 4.46. The van der Waals surface area contributed by atoms with Crippen molar-refractivity contribution in [2.24, 2.45) is 5.92 Å². The van der Waals surface area contributed by atoms with E-state index in [1.807, 2.05) is 6.07 Å². The van der Waals surface area contributed by atoms with Gasteiger partial charge in [0.05, 0.1) is 10.0 Å². The lowest BCUT2D eigenvalue weighted by atomic mass is 10.0. The number of carbonyl (C=O) groups excluding carboxylic acids is 3. The van der Waals surface area contributed by atoms with Crippen LogP contribution in [0.4, 0.5) is 10.5 Å². The summed E-state index contributed by atoms with van der Waals surface area (Å²) < 4.78 is 10.7. The van der Waals surface area contributed by atoms with Gasteiger partial charge in [0.1, 0.15) is 23.3 Å². The molecule has 1 aliphatic rings. The quantitative estimate of drug-likeness (QED) is 0.675. The van der Waals surface area contributed by atoms with E-state index in [0.29, 0.717) is 10.7 Å². The van der Waals surface area contributed by atoms with Gasteiger partial charge in [-0.15, -0.1) is 0 Å². The highest BCUT2D eigenvalue weighted by molar-refractivity contribution is 6.42. The van der Waals surface area contributed by atoms with Crippen molar-refractivity contribution in [2.45, 2.75) is 32.4 Å². The summed E-state index contributed by atoms with van der Waals surface area (Å²) in [4.78, 5) is 39.8. The van der Waals surface area contributed by atoms with Crippen LogP contribution in [0.15, 0.2) is 48.5 Å². The SMILES string of the molecule is CC(C)(C)OC(=O)C1CN(c2ccccc2)C(=O)C1NC(=O)Oc1ccc(Cl)c(Cl)c1. The number of nitrogens with one attached hydrogen (secondary N) is 1. The van der Waals surface area contributed by atoms with E-state index in [9.17, 15) is 14.4 Å². The number of nitrogens with zero attached hydrogens (tertiary/aromatic N) is 1. The van der Waals surface area contributed by atoms with E-state index >= 15 is 0 Å². The van der Waals surface area contributed by atoms with Gasteiger partial charge in [0.2, 0.25) is 0 Å². The second kappa shape index (κ2) is 9.16. The number of benzene rings is 2. The van der Waals surface area contributed by atoms with Gasteiger partial charge in [0, 0.05) is 18.3 Å². The predicted molar refractivity (Wildman–Crippen MR) is 118 cm³/mol. The van der Waals surface area contributed by atoms with Gasteiger partial charge in [0.25, 0.3) is 5.91 Å². The molecule has 164 valence electrons. The summed E-state index contributed by atoms with van der Waals surface area (Å²) in [5.74, 6) is -1.79. The van der Waals surface area contributed by atoms with Gasteiger partial charge in [-0.05, 0) is 45.0 Å². The first-order valence-electron chi connectivity index (χ1n) is 9.58. The van der Waals surface area contributed by atoms with Crippen LogP contribution >= 0.6 is 23.2 Å². The number of para-hydroxylation sites is 1. The van der Waals surface area contributed by atoms with Gasteiger partial charge in [-0.2, -0.15) is 0 Å². The molecule has 2 aromatic carbocycles. The third-order valence-corrected chi connectivity index (χ3v) is 5.21. The number of rotatable bonds is 4. The number of carbonyl (C=O) groups is 3. The third-order valence-electron chi connectivity index (χ3n) is 4.47. The van der Waals surface area contributed by atoms with Crippen molar-refractivity contribution in [1.82, 2.24) is 5.32 Å². The Morgan fingerprint density at radius 2 is 1.74 bits per heavy atom.